The molecule has 1 fully saturated rings. The number of hydrogen-bond donors (Lipinski definition) is 0. The van der Waals surface area contributed by atoms with E-state index in [1.54, 1.807) is 0 Å². The van der Waals surface area contributed by atoms with Crippen molar-refractivity contribution < 1.29 is 0 Å². The zero-order chi connectivity index (χ0) is 5.11. The van der Waals surface area contributed by atoms with Gasteiger partial charge in [-0.2, -0.15) is 0 Å². The first-order chi connectivity index (χ1) is 3.39. The van der Waals surface area contributed by atoms with Crippen molar-refractivity contribution in [2.24, 2.45) is 0 Å². The molecule has 0 aromatic heterocycles. The highest BCUT2D eigenvalue weighted by atomic mass is 28.1. The first kappa shape index (κ1) is 5.23. The van der Waals surface area contributed by atoms with Gasteiger partial charge >= 0.3 is 0 Å². The van der Waals surface area contributed by atoms with E-state index in [9.17, 15) is 0 Å². The molecule has 0 aliphatic heterocycles. The van der Waals surface area contributed by atoms with Crippen LogP contribution in [0.3, 0.4) is 0 Å². The van der Waals surface area contributed by atoms with E-state index in [2.05, 4.69) is 9.85 Å². The van der Waals surface area contributed by atoms with Gasteiger partial charge in [0.2, 0.25) is 0 Å². The van der Waals surface area contributed by atoms with Gasteiger partial charge in [-0.3, -0.25) is 0 Å². The second-order valence-corrected chi connectivity index (χ2v) is 2.87. The highest BCUT2D eigenvalue weighted by Gasteiger charge is 2.00. The van der Waals surface area contributed by atoms with Gasteiger partial charge in [0.15, 0.2) is 0 Å². The van der Waals surface area contributed by atoms with Crippen molar-refractivity contribution in [2.45, 2.75) is 32.1 Å². The molecular weight excluding hydrogens is 100 g/mol. The Morgan fingerprint density at radius 3 is 1.86 bits per heavy atom. The molecule has 0 saturated heterocycles. The average Bonchev–Trinajstić information content (AvgIpc) is 1.69. The van der Waals surface area contributed by atoms with Gasteiger partial charge in [-0.05, 0) is 25.7 Å². The molecule has 1 saturated carbocycles. The molecule has 0 nitrogen and oxygen atoms in total. The Kier molecular flexibility index (Phi) is 1.80. The predicted molar refractivity (Wildman–Crippen MR) is 33.8 cm³/mol. The third-order valence-corrected chi connectivity index (χ3v) is 1.96. The molecule has 1 aliphatic rings. The lowest BCUT2D eigenvalue weighted by Crippen LogP contribution is -2.03. The smallest absolute Gasteiger partial charge is 0.0287 e. The molecule has 0 N–H and O–H groups in total. The summed E-state index contributed by atoms with van der Waals surface area (Å²) in [5.41, 5.74) is 0. The summed E-state index contributed by atoms with van der Waals surface area (Å²) in [5, 5.41) is 1.52. The zero-order valence-corrected chi connectivity index (χ0v) is 5.54. The van der Waals surface area contributed by atoms with Crippen molar-refractivity contribution in [1.29, 1.82) is 0 Å². The average molecular weight is 110 g/mol. The van der Waals surface area contributed by atoms with E-state index < -0.39 is 0 Å². The van der Waals surface area contributed by atoms with Gasteiger partial charge in [-0.1, -0.05) is 11.6 Å². The van der Waals surface area contributed by atoms with E-state index in [0.717, 1.165) is 0 Å². The molecule has 38 valence electrons. The second kappa shape index (κ2) is 2.41. The summed E-state index contributed by atoms with van der Waals surface area (Å²) in [5.74, 6) is 0. The van der Waals surface area contributed by atoms with Crippen molar-refractivity contribution >= 4 is 15.0 Å². The van der Waals surface area contributed by atoms with Crippen molar-refractivity contribution in [1.82, 2.24) is 0 Å². The van der Waals surface area contributed by atoms with Crippen LogP contribution in [-0.2, 0) is 0 Å². The molecule has 1 aliphatic carbocycles. The summed E-state index contributed by atoms with van der Waals surface area (Å²) < 4.78 is 0. The molecule has 2 radical (unpaired) electrons. The van der Waals surface area contributed by atoms with Crippen molar-refractivity contribution in [3.05, 3.63) is 0 Å². The Balaban J connectivity index is 2.25. The van der Waals surface area contributed by atoms with Gasteiger partial charge in [0, 0.05) is 9.85 Å². The maximum atomic E-state index is 3.55. The minimum Gasteiger partial charge on any atom is -0.0886 e. The third-order valence-electron chi connectivity index (χ3n) is 1.46. The first-order valence-corrected chi connectivity index (χ1v) is 3.46. The van der Waals surface area contributed by atoms with Crippen LogP contribution in [0.25, 0.3) is 0 Å². The molecule has 0 atom stereocenters. The summed E-state index contributed by atoms with van der Waals surface area (Å²) in [7, 11) is 3.55. The van der Waals surface area contributed by atoms with Crippen LogP contribution < -0.4 is 0 Å². The van der Waals surface area contributed by atoms with Crippen LogP contribution in [-0.4, -0.2) is 15.0 Å². The van der Waals surface area contributed by atoms with Crippen molar-refractivity contribution in [3.63, 3.8) is 0 Å². The second-order valence-electron chi connectivity index (χ2n) is 2.16. The summed E-state index contributed by atoms with van der Waals surface area (Å²) in [4.78, 5) is 0. The lowest BCUT2D eigenvalue weighted by Gasteiger charge is -2.10. The highest BCUT2D eigenvalue weighted by molar-refractivity contribution is 6.37. The summed E-state index contributed by atoms with van der Waals surface area (Å²) >= 11 is 0. The van der Waals surface area contributed by atoms with Crippen LogP contribution in [0.1, 0.15) is 32.1 Å². The standard InChI is InChI=1S/C6H10Si/c7-6-4-2-1-3-5-6/h1-5H2. The Morgan fingerprint density at radius 2 is 1.57 bits per heavy atom. The van der Waals surface area contributed by atoms with Gasteiger partial charge in [0.05, 0.1) is 0 Å². The largest absolute Gasteiger partial charge is 0.0886 e. The van der Waals surface area contributed by atoms with E-state index >= 15 is 0 Å². The fourth-order valence-electron chi connectivity index (χ4n) is 0.979. The maximum Gasteiger partial charge on any atom is 0.0287 e. The SMILES string of the molecule is [Si]=C1CCCCC1. The van der Waals surface area contributed by atoms with E-state index in [4.69, 9.17) is 0 Å². The number of rotatable bonds is 0. The van der Waals surface area contributed by atoms with Gasteiger partial charge in [-0.25, -0.2) is 0 Å². The maximum absolute atomic E-state index is 3.55. The molecule has 0 unspecified atom stereocenters. The molecule has 0 spiro atoms. The molecule has 0 heterocycles. The summed E-state index contributed by atoms with van der Waals surface area (Å²) in [6, 6.07) is 0. The summed E-state index contributed by atoms with van der Waals surface area (Å²) in [6.45, 7) is 0. The van der Waals surface area contributed by atoms with Crippen LogP contribution in [0.4, 0.5) is 0 Å². The van der Waals surface area contributed by atoms with Gasteiger partial charge < -0.3 is 0 Å². The van der Waals surface area contributed by atoms with Crippen LogP contribution in [0.2, 0.25) is 0 Å². The fraction of sp³-hybridized carbons (Fsp3) is 0.833. The molecular formula is C6H10Si. The van der Waals surface area contributed by atoms with E-state index in [0.29, 0.717) is 0 Å². The van der Waals surface area contributed by atoms with Crippen LogP contribution >= 0.6 is 0 Å². The molecule has 1 rings (SSSR count). The van der Waals surface area contributed by atoms with E-state index in [1.165, 1.54) is 37.3 Å². The van der Waals surface area contributed by atoms with E-state index in [-0.39, 0.29) is 0 Å². The number of hydrogen-bond acceptors (Lipinski definition) is 0. The minimum atomic E-state index is 1.32. The summed E-state index contributed by atoms with van der Waals surface area (Å²) in [6.07, 6.45) is 6.87. The van der Waals surface area contributed by atoms with Gasteiger partial charge in [-0.15, -0.1) is 0 Å². The first-order valence-electron chi connectivity index (χ1n) is 2.96. The van der Waals surface area contributed by atoms with E-state index in [1.807, 2.05) is 0 Å². The van der Waals surface area contributed by atoms with Crippen molar-refractivity contribution in [2.75, 3.05) is 0 Å². The lowest BCUT2D eigenvalue weighted by atomic mass is 10.0. The van der Waals surface area contributed by atoms with Crippen molar-refractivity contribution in [3.8, 4) is 0 Å². The topological polar surface area (TPSA) is 0 Å². The van der Waals surface area contributed by atoms with Gasteiger partial charge in [0.1, 0.15) is 0 Å². The molecule has 0 bridgehead atoms. The molecule has 7 heavy (non-hydrogen) atoms. The minimum absolute atomic E-state index is 1.32. The Morgan fingerprint density at radius 1 is 1.00 bits per heavy atom. The highest BCUT2D eigenvalue weighted by Crippen LogP contribution is 2.11. The zero-order valence-electron chi connectivity index (χ0n) is 4.54. The van der Waals surface area contributed by atoms with Crippen LogP contribution in [0.15, 0.2) is 0 Å². The molecule has 0 amide bonds. The fourth-order valence-corrected chi connectivity index (χ4v) is 1.33. The lowest BCUT2D eigenvalue weighted by molar-refractivity contribution is 0.674. The molecule has 0 aromatic carbocycles. The third kappa shape index (κ3) is 1.55. The van der Waals surface area contributed by atoms with Crippen LogP contribution in [0, 0.1) is 0 Å². The predicted octanol–water partition coefficient (Wildman–Crippen LogP) is 1.29. The Bertz CT molecular complexity index is 68.2. The molecule has 1 heteroatoms. The quantitative estimate of drug-likeness (QED) is 0.412. The van der Waals surface area contributed by atoms with Gasteiger partial charge in [0.25, 0.3) is 0 Å². The molecule has 0 aromatic rings. The monoisotopic (exact) mass is 110 g/mol. The van der Waals surface area contributed by atoms with Crippen LogP contribution in [0.5, 0.6) is 0 Å². The normalized spacial score (nSPS) is 22.6. The Hall–Kier alpha value is 0.0869. The Labute approximate surface area is 48.0 Å².